The van der Waals surface area contributed by atoms with Crippen molar-refractivity contribution in [3.63, 3.8) is 0 Å². The zero-order valence-electron chi connectivity index (χ0n) is 18.0. The molecule has 0 aliphatic carbocycles. The highest BCUT2D eigenvalue weighted by atomic mass is 79.9. The first-order chi connectivity index (χ1) is 15.9. The molecule has 170 valence electrons. The minimum atomic E-state index is -0.796. The third-order valence-electron chi connectivity index (χ3n) is 4.53. The van der Waals surface area contributed by atoms with E-state index in [9.17, 15) is 14.4 Å². The summed E-state index contributed by atoms with van der Waals surface area (Å²) < 4.78 is 10.7. The highest BCUT2D eigenvalue weighted by molar-refractivity contribution is 9.10. The second kappa shape index (κ2) is 11.8. The van der Waals surface area contributed by atoms with Gasteiger partial charge < -0.3 is 20.1 Å². The maximum Gasteiger partial charge on any atom is 0.513 e. The number of amides is 2. The normalized spacial score (nSPS) is 10.2. The molecule has 0 spiro atoms. The number of hydrogen-bond acceptors (Lipinski definition) is 5. The Morgan fingerprint density at radius 3 is 2.33 bits per heavy atom. The molecule has 0 fully saturated rings. The molecule has 3 aromatic rings. The fraction of sp³-hybridized carbons (Fsp3) is 0.160. The molecular weight excluding hydrogens is 488 g/mol. The van der Waals surface area contributed by atoms with E-state index in [0.717, 1.165) is 15.6 Å². The molecule has 3 rings (SSSR count). The van der Waals surface area contributed by atoms with Gasteiger partial charge in [-0.25, -0.2) is 4.79 Å². The van der Waals surface area contributed by atoms with Gasteiger partial charge in [0.25, 0.3) is 5.91 Å². The van der Waals surface area contributed by atoms with Crippen molar-refractivity contribution in [2.24, 2.45) is 0 Å². The van der Waals surface area contributed by atoms with Crippen LogP contribution in [0.15, 0.2) is 77.3 Å². The van der Waals surface area contributed by atoms with Gasteiger partial charge in [0.15, 0.2) is 0 Å². The first-order valence-corrected chi connectivity index (χ1v) is 11.1. The Bertz CT molecular complexity index is 1110. The molecule has 0 unspecified atom stereocenters. The largest absolute Gasteiger partial charge is 0.513 e. The Morgan fingerprint density at radius 2 is 1.64 bits per heavy atom. The number of anilines is 1. The molecule has 0 saturated carbocycles. The summed E-state index contributed by atoms with van der Waals surface area (Å²) in [5.74, 6) is -0.114. The number of rotatable bonds is 8. The summed E-state index contributed by atoms with van der Waals surface area (Å²) in [6, 6.07) is 21.0. The molecule has 0 bridgehead atoms. The number of carbonyl (C=O) groups excluding carboxylic acids is 3. The van der Waals surface area contributed by atoms with Crippen LogP contribution in [0, 0.1) is 0 Å². The van der Waals surface area contributed by atoms with E-state index in [1.165, 1.54) is 12.1 Å². The van der Waals surface area contributed by atoms with Crippen LogP contribution >= 0.6 is 15.9 Å². The van der Waals surface area contributed by atoms with E-state index >= 15 is 0 Å². The van der Waals surface area contributed by atoms with E-state index in [4.69, 9.17) is 9.47 Å². The van der Waals surface area contributed by atoms with Crippen LogP contribution in [0.4, 0.5) is 10.5 Å². The maximum atomic E-state index is 12.5. The molecule has 33 heavy (non-hydrogen) atoms. The number of benzene rings is 3. The second-order valence-electron chi connectivity index (χ2n) is 7.04. The lowest BCUT2D eigenvalue weighted by atomic mass is 10.1. The van der Waals surface area contributed by atoms with E-state index in [0.29, 0.717) is 24.2 Å². The highest BCUT2D eigenvalue weighted by Gasteiger charge is 2.10. The highest BCUT2D eigenvalue weighted by Crippen LogP contribution is 2.16. The number of nitrogens with one attached hydrogen (secondary N) is 2. The average molecular weight is 511 g/mol. The van der Waals surface area contributed by atoms with Gasteiger partial charge in [-0.15, -0.1) is 0 Å². The molecule has 8 heteroatoms. The smallest absolute Gasteiger partial charge is 0.434 e. The van der Waals surface area contributed by atoms with E-state index < -0.39 is 6.16 Å². The molecule has 0 atom stereocenters. The maximum absolute atomic E-state index is 12.5. The summed E-state index contributed by atoms with van der Waals surface area (Å²) in [7, 11) is 0. The minimum absolute atomic E-state index is 0.0862. The molecule has 0 aliphatic heterocycles. The molecule has 2 amide bonds. The van der Waals surface area contributed by atoms with Crippen molar-refractivity contribution in [2.45, 2.75) is 19.9 Å². The zero-order chi connectivity index (χ0) is 23.6. The van der Waals surface area contributed by atoms with Crippen LogP contribution in [0.5, 0.6) is 5.75 Å². The van der Waals surface area contributed by atoms with Crippen molar-refractivity contribution in [1.82, 2.24) is 5.32 Å². The first-order valence-electron chi connectivity index (χ1n) is 10.3. The van der Waals surface area contributed by atoms with E-state index in [1.54, 1.807) is 31.2 Å². The number of hydrogen-bond donors (Lipinski definition) is 2. The molecule has 0 aromatic heterocycles. The molecule has 3 aromatic carbocycles. The van der Waals surface area contributed by atoms with Crippen molar-refractivity contribution >= 4 is 39.6 Å². The van der Waals surface area contributed by atoms with Gasteiger partial charge in [0, 0.05) is 22.3 Å². The number of ether oxygens (including phenoxy) is 2. The van der Waals surface area contributed by atoms with Crippen LogP contribution in [0.2, 0.25) is 0 Å². The van der Waals surface area contributed by atoms with Crippen LogP contribution < -0.4 is 15.4 Å². The summed E-state index contributed by atoms with van der Waals surface area (Å²) in [5, 5.41) is 5.71. The second-order valence-corrected chi connectivity index (χ2v) is 7.96. The molecule has 0 aliphatic rings. The summed E-state index contributed by atoms with van der Waals surface area (Å²) in [6.07, 6.45) is -0.505. The van der Waals surface area contributed by atoms with Crippen LogP contribution in [0.1, 0.15) is 28.4 Å². The lowest BCUT2D eigenvalue weighted by Gasteiger charge is -2.10. The quantitative estimate of drug-likeness (QED) is 0.325. The van der Waals surface area contributed by atoms with Gasteiger partial charge in [-0.3, -0.25) is 9.59 Å². The van der Waals surface area contributed by atoms with Gasteiger partial charge in [0.05, 0.1) is 13.0 Å². The van der Waals surface area contributed by atoms with Crippen LogP contribution in [-0.2, 0) is 22.5 Å². The standard InChI is InChI=1S/C25H23BrN2O5/c1-2-32-25(31)33-22-12-8-19(9-13-22)24(30)28-21-5-3-4-18(14-21)16-27-23(29)15-17-6-10-20(26)11-7-17/h3-14H,2,15-16H2,1H3,(H,27,29)(H,28,30). The lowest BCUT2D eigenvalue weighted by molar-refractivity contribution is -0.120. The van der Waals surface area contributed by atoms with Gasteiger partial charge in [-0.05, 0) is 66.6 Å². The Balaban J connectivity index is 1.52. The molecule has 2 N–H and O–H groups in total. The van der Waals surface area contributed by atoms with Crippen LogP contribution in [0.25, 0.3) is 0 Å². The summed E-state index contributed by atoms with van der Waals surface area (Å²) in [6.45, 7) is 2.24. The van der Waals surface area contributed by atoms with E-state index in [2.05, 4.69) is 26.6 Å². The van der Waals surface area contributed by atoms with Gasteiger partial charge in [-0.2, -0.15) is 0 Å². The number of halogens is 1. The Morgan fingerprint density at radius 1 is 0.909 bits per heavy atom. The molecular formula is C25H23BrN2O5. The van der Waals surface area contributed by atoms with Crippen LogP contribution in [-0.4, -0.2) is 24.6 Å². The minimum Gasteiger partial charge on any atom is -0.434 e. The van der Waals surface area contributed by atoms with Crippen LogP contribution in [0.3, 0.4) is 0 Å². The van der Waals surface area contributed by atoms with Crippen molar-refractivity contribution in [2.75, 3.05) is 11.9 Å². The van der Waals surface area contributed by atoms with Gasteiger partial charge in [0.1, 0.15) is 5.75 Å². The lowest BCUT2D eigenvalue weighted by Crippen LogP contribution is -2.24. The molecule has 7 nitrogen and oxygen atoms in total. The van der Waals surface area contributed by atoms with E-state index in [-0.39, 0.29) is 24.2 Å². The van der Waals surface area contributed by atoms with Crippen molar-refractivity contribution < 1.29 is 23.9 Å². The summed E-state index contributed by atoms with van der Waals surface area (Å²) >= 11 is 3.38. The summed E-state index contributed by atoms with van der Waals surface area (Å²) in [4.78, 5) is 36.1. The first kappa shape index (κ1) is 24.0. The van der Waals surface area contributed by atoms with Crippen molar-refractivity contribution in [3.8, 4) is 5.75 Å². The van der Waals surface area contributed by atoms with Gasteiger partial charge in [0.2, 0.25) is 5.91 Å². The predicted octanol–water partition coefficient (Wildman–Crippen LogP) is 5.10. The van der Waals surface area contributed by atoms with Gasteiger partial charge >= 0.3 is 6.16 Å². The van der Waals surface area contributed by atoms with Crippen molar-refractivity contribution in [1.29, 1.82) is 0 Å². The molecule has 0 heterocycles. The fourth-order valence-corrected chi connectivity index (χ4v) is 3.20. The zero-order valence-corrected chi connectivity index (χ0v) is 19.6. The Kier molecular flexibility index (Phi) is 8.60. The number of carbonyl (C=O) groups is 3. The molecule has 0 radical (unpaired) electrons. The third kappa shape index (κ3) is 7.76. The van der Waals surface area contributed by atoms with Gasteiger partial charge in [-0.1, -0.05) is 40.2 Å². The fourth-order valence-electron chi connectivity index (χ4n) is 2.93. The topological polar surface area (TPSA) is 93.7 Å². The third-order valence-corrected chi connectivity index (χ3v) is 5.06. The Labute approximate surface area is 200 Å². The van der Waals surface area contributed by atoms with E-state index in [1.807, 2.05) is 36.4 Å². The average Bonchev–Trinajstić information content (AvgIpc) is 2.80. The summed E-state index contributed by atoms with van der Waals surface area (Å²) in [5.41, 5.74) is 2.79. The van der Waals surface area contributed by atoms with Crippen molar-refractivity contribution in [3.05, 3.63) is 94.0 Å². The SMILES string of the molecule is CCOC(=O)Oc1ccc(C(=O)Nc2cccc(CNC(=O)Cc3ccc(Br)cc3)c2)cc1. The Hall–Kier alpha value is -3.65. The molecule has 0 saturated heterocycles. The predicted molar refractivity (Wildman–Crippen MR) is 128 cm³/mol. The monoisotopic (exact) mass is 510 g/mol.